The lowest BCUT2D eigenvalue weighted by atomic mass is 10.1. The zero-order valence-corrected chi connectivity index (χ0v) is 15.5. The fourth-order valence-corrected chi connectivity index (χ4v) is 3.07. The van der Waals surface area contributed by atoms with Gasteiger partial charge in [0.05, 0.1) is 6.21 Å². The number of aryl methyl sites for hydroxylation is 3. The summed E-state index contributed by atoms with van der Waals surface area (Å²) in [6, 6.07) is 12.5. The summed E-state index contributed by atoms with van der Waals surface area (Å²) in [6.45, 7) is 6.28. The predicted molar refractivity (Wildman–Crippen MR) is 111 cm³/mol. The van der Waals surface area contributed by atoms with Gasteiger partial charge in [-0.3, -0.25) is 5.43 Å². The molecule has 0 bridgehead atoms. The van der Waals surface area contributed by atoms with E-state index in [0.717, 1.165) is 28.6 Å². The Labute approximate surface area is 153 Å². The molecular weight excluding hydrogens is 328 g/mol. The molecule has 128 valence electrons. The number of H-pyrrole nitrogens is 1. The Morgan fingerprint density at radius 2 is 2.08 bits per heavy atom. The van der Waals surface area contributed by atoms with Crippen molar-refractivity contribution in [3.63, 3.8) is 0 Å². The number of anilines is 1. The van der Waals surface area contributed by atoms with Crippen LogP contribution in [0, 0.1) is 13.8 Å². The number of rotatable bonds is 4. The van der Waals surface area contributed by atoms with Gasteiger partial charge in [0.25, 0.3) is 0 Å². The number of nitrogens with zero attached hydrogens (tertiary/aromatic N) is 1. The number of nitrogens with one attached hydrogen (secondary N) is 3. The Morgan fingerprint density at radius 3 is 2.84 bits per heavy atom. The van der Waals surface area contributed by atoms with E-state index in [1.54, 1.807) is 6.21 Å². The lowest BCUT2D eigenvalue weighted by molar-refractivity contribution is 1.05. The van der Waals surface area contributed by atoms with Crippen molar-refractivity contribution in [3.05, 3.63) is 64.8 Å². The number of aromatic amines is 1. The fourth-order valence-electron chi connectivity index (χ4n) is 2.90. The highest BCUT2D eigenvalue weighted by Crippen LogP contribution is 2.21. The summed E-state index contributed by atoms with van der Waals surface area (Å²) in [7, 11) is 0. The minimum Gasteiger partial charge on any atom is -0.360 e. The second kappa shape index (κ2) is 7.49. The molecule has 0 saturated heterocycles. The molecule has 5 heteroatoms. The molecule has 3 aromatic rings. The Bertz CT molecular complexity index is 940. The van der Waals surface area contributed by atoms with Gasteiger partial charge in [-0.1, -0.05) is 42.8 Å². The molecule has 0 unspecified atom stereocenters. The van der Waals surface area contributed by atoms with E-state index >= 15 is 0 Å². The predicted octanol–water partition coefficient (Wildman–Crippen LogP) is 4.67. The molecule has 3 rings (SSSR count). The third-order valence-electron chi connectivity index (χ3n) is 4.21. The van der Waals surface area contributed by atoms with Crippen LogP contribution in [0.1, 0.15) is 29.2 Å². The number of hydrogen-bond donors (Lipinski definition) is 3. The first-order valence-electron chi connectivity index (χ1n) is 8.34. The van der Waals surface area contributed by atoms with Gasteiger partial charge in [0.2, 0.25) is 0 Å². The number of hydrazone groups is 1. The first-order valence-corrected chi connectivity index (χ1v) is 8.75. The third kappa shape index (κ3) is 3.88. The summed E-state index contributed by atoms with van der Waals surface area (Å²) in [4.78, 5) is 3.33. The summed E-state index contributed by atoms with van der Waals surface area (Å²) < 4.78 is 0. The maximum absolute atomic E-state index is 5.31. The normalized spacial score (nSPS) is 11.2. The van der Waals surface area contributed by atoms with Crippen LogP contribution in [-0.4, -0.2) is 16.3 Å². The minimum absolute atomic E-state index is 0.470. The Kier molecular flexibility index (Phi) is 5.14. The summed E-state index contributed by atoms with van der Waals surface area (Å²) in [6.07, 6.45) is 4.75. The average molecular weight is 350 g/mol. The Balaban J connectivity index is 1.68. The number of hydrogen-bond acceptors (Lipinski definition) is 2. The topological polar surface area (TPSA) is 52.2 Å². The van der Waals surface area contributed by atoms with Crippen LogP contribution in [0.15, 0.2) is 47.7 Å². The van der Waals surface area contributed by atoms with E-state index in [4.69, 9.17) is 12.2 Å². The SMILES string of the molecule is CCc1cccc2c(/C=N/NC(=S)Nc3ccc(C)cc3C)c[nH]c12. The Morgan fingerprint density at radius 1 is 1.24 bits per heavy atom. The maximum atomic E-state index is 5.31. The molecular formula is C20H22N4S. The first kappa shape index (κ1) is 17.2. The zero-order valence-electron chi connectivity index (χ0n) is 14.7. The van der Waals surface area contributed by atoms with Crippen molar-refractivity contribution in [1.29, 1.82) is 0 Å². The molecule has 0 atom stereocenters. The van der Waals surface area contributed by atoms with Crippen LogP contribution >= 0.6 is 12.2 Å². The first-order chi connectivity index (χ1) is 12.1. The average Bonchev–Trinajstić information content (AvgIpc) is 3.01. The molecule has 1 aromatic heterocycles. The molecule has 1 heterocycles. The van der Waals surface area contributed by atoms with Gasteiger partial charge in [0.15, 0.2) is 5.11 Å². The number of aromatic nitrogens is 1. The van der Waals surface area contributed by atoms with Gasteiger partial charge < -0.3 is 10.3 Å². The van der Waals surface area contributed by atoms with Gasteiger partial charge in [-0.25, -0.2) is 0 Å². The van der Waals surface area contributed by atoms with Gasteiger partial charge in [0, 0.05) is 28.4 Å². The van der Waals surface area contributed by atoms with Crippen LogP contribution in [-0.2, 0) is 6.42 Å². The quantitative estimate of drug-likeness (QED) is 0.364. The van der Waals surface area contributed by atoms with Crippen molar-refractivity contribution in [2.24, 2.45) is 5.10 Å². The van der Waals surface area contributed by atoms with Crippen molar-refractivity contribution < 1.29 is 0 Å². The van der Waals surface area contributed by atoms with Crippen LogP contribution < -0.4 is 10.7 Å². The van der Waals surface area contributed by atoms with Crippen LogP contribution in [0.25, 0.3) is 10.9 Å². The molecule has 0 fully saturated rings. The van der Waals surface area contributed by atoms with E-state index in [1.807, 2.05) is 12.3 Å². The minimum atomic E-state index is 0.470. The van der Waals surface area contributed by atoms with E-state index < -0.39 is 0 Å². The van der Waals surface area contributed by atoms with E-state index in [2.05, 4.69) is 71.9 Å². The van der Waals surface area contributed by atoms with Crippen molar-refractivity contribution in [2.45, 2.75) is 27.2 Å². The molecule has 0 radical (unpaired) electrons. The van der Waals surface area contributed by atoms with Gasteiger partial charge in [-0.15, -0.1) is 0 Å². The van der Waals surface area contributed by atoms with E-state index in [0.29, 0.717) is 5.11 Å². The van der Waals surface area contributed by atoms with E-state index in [9.17, 15) is 0 Å². The largest absolute Gasteiger partial charge is 0.360 e. The van der Waals surface area contributed by atoms with Crippen molar-refractivity contribution in [2.75, 3.05) is 5.32 Å². The Hall–Kier alpha value is -2.66. The van der Waals surface area contributed by atoms with E-state index in [1.165, 1.54) is 16.6 Å². The summed E-state index contributed by atoms with van der Waals surface area (Å²) >= 11 is 5.31. The lowest BCUT2D eigenvalue weighted by Gasteiger charge is -2.10. The monoisotopic (exact) mass is 350 g/mol. The smallest absolute Gasteiger partial charge is 0.191 e. The van der Waals surface area contributed by atoms with Crippen molar-refractivity contribution >= 4 is 40.1 Å². The highest BCUT2D eigenvalue weighted by molar-refractivity contribution is 7.80. The fraction of sp³-hybridized carbons (Fsp3) is 0.200. The summed E-state index contributed by atoms with van der Waals surface area (Å²) in [5, 5.41) is 9.07. The number of thiocarbonyl (C=S) groups is 1. The molecule has 25 heavy (non-hydrogen) atoms. The number of fused-ring (bicyclic) bond motifs is 1. The second-order valence-corrected chi connectivity index (χ2v) is 6.49. The second-order valence-electron chi connectivity index (χ2n) is 6.08. The van der Waals surface area contributed by atoms with Crippen LogP contribution in [0.2, 0.25) is 0 Å². The van der Waals surface area contributed by atoms with Crippen LogP contribution in [0.3, 0.4) is 0 Å². The molecule has 0 aliphatic rings. The van der Waals surface area contributed by atoms with Gasteiger partial charge >= 0.3 is 0 Å². The van der Waals surface area contributed by atoms with Gasteiger partial charge in [-0.2, -0.15) is 5.10 Å². The van der Waals surface area contributed by atoms with Crippen molar-refractivity contribution in [1.82, 2.24) is 10.4 Å². The van der Waals surface area contributed by atoms with E-state index in [-0.39, 0.29) is 0 Å². The molecule has 0 amide bonds. The van der Waals surface area contributed by atoms with Crippen LogP contribution in [0.4, 0.5) is 5.69 Å². The zero-order chi connectivity index (χ0) is 17.8. The number of benzene rings is 2. The molecule has 0 aliphatic heterocycles. The molecule has 0 spiro atoms. The standard InChI is InChI=1S/C20H22N4S/c1-4-15-6-5-7-17-16(11-21-19(15)17)12-22-24-20(25)23-18-9-8-13(2)10-14(18)3/h5-12,21H,4H2,1-3H3,(H2,23,24,25)/b22-12+. The molecule has 4 nitrogen and oxygen atoms in total. The van der Waals surface area contributed by atoms with Crippen molar-refractivity contribution in [3.8, 4) is 0 Å². The summed E-state index contributed by atoms with van der Waals surface area (Å²) in [5.74, 6) is 0. The molecule has 3 N–H and O–H groups in total. The lowest BCUT2D eigenvalue weighted by Crippen LogP contribution is -2.24. The highest BCUT2D eigenvalue weighted by atomic mass is 32.1. The molecule has 2 aromatic carbocycles. The maximum Gasteiger partial charge on any atom is 0.191 e. The van der Waals surface area contributed by atoms with Crippen LogP contribution in [0.5, 0.6) is 0 Å². The number of para-hydroxylation sites is 1. The van der Waals surface area contributed by atoms with Gasteiger partial charge in [-0.05, 0) is 49.7 Å². The summed E-state index contributed by atoms with van der Waals surface area (Å²) in [5.41, 5.74) is 9.75. The van der Waals surface area contributed by atoms with Gasteiger partial charge in [0.1, 0.15) is 0 Å². The highest BCUT2D eigenvalue weighted by Gasteiger charge is 2.05. The molecule has 0 aliphatic carbocycles. The molecule has 0 saturated carbocycles. The third-order valence-corrected chi connectivity index (χ3v) is 4.41.